The van der Waals surface area contributed by atoms with Crippen molar-refractivity contribution < 1.29 is 4.79 Å². The van der Waals surface area contributed by atoms with E-state index in [1.54, 1.807) is 0 Å². The molecule has 0 N–H and O–H groups in total. The number of ketones is 1. The lowest BCUT2D eigenvalue weighted by molar-refractivity contribution is 0.104. The van der Waals surface area contributed by atoms with Crippen LogP contribution in [0, 0.1) is 6.92 Å². The number of benzene rings is 1. The number of carbonyl (C=O) groups excluding carboxylic acids is 1. The van der Waals surface area contributed by atoms with Crippen molar-refractivity contribution in [2.75, 3.05) is 0 Å². The number of thiophene rings is 1. The van der Waals surface area contributed by atoms with Gasteiger partial charge in [0.05, 0.1) is 8.66 Å². The summed E-state index contributed by atoms with van der Waals surface area (Å²) in [7, 11) is 0. The Hall–Kier alpha value is -0.930. The Morgan fingerprint density at radius 3 is 2.47 bits per heavy atom. The first-order chi connectivity index (χ1) is 7.18. The molecule has 0 aliphatic carbocycles. The second-order valence-electron chi connectivity index (χ2n) is 3.26. The molecule has 3 heteroatoms. The molecule has 0 aliphatic heterocycles. The van der Waals surface area contributed by atoms with Gasteiger partial charge in [0.1, 0.15) is 0 Å². The fraction of sp³-hybridized carbons (Fsp3) is 0.0833. The lowest BCUT2D eigenvalue weighted by atomic mass is 10.1. The highest BCUT2D eigenvalue weighted by Gasteiger charge is 2.12. The van der Waals surface area contributed by atoms with Gasteiger partial charge in [0.2, 0.25) is 5.78 Å². The van der Waals surface area contributed by atoms with Gasteiger partial charge in [0, 0.05) is 5.56 Å². The monoisotopic (exact) mass is 280 g/mol. The molecule has 0 atom stereocenters. The van der Waals surface area contributed by atoms with Crippen LogP contribution in [-0.2, 0) is 0 Å². The summed E-state index contributed by atoms with van der Waals surface area (Å²) in [6.45, 7) is 1.99. The topological polar surface area (TPSA) is 17.1 Å². The molecule has 0 spiro atoms. The summed E-state index contributed by atoms with van der Waals surface area (Å²) in [4.78, 5) is 12.8. The van der Waals surface area contributed by atoms with Crippen LogP contribution in [-0.4, -0.2) is 5.78 Å². The van der Waals surface area contributed by atoms with Crippen molar-refractivity contribution in [2.45, 2.75) is 6.92 Å². The van der Waals surface area contributed by atoms with E-state index in [1.807, 2.05) is 43.3 Å². The summed E-state index contributed by atoms with van der Waals surface area (Å²) < 4.78 is 1.03. The van der Waals surface area contributed by atoms with Crippen LogP contribution in [0.25, 0.3) is 0 Å². The van der Waals surface area contributed by atoms with Crippen LogP contribution >= 0.6 is 27.3 Å². The van der Waals surface area contributed by atoms with E-state index in [4.69, 9.17) is 0 Å². The molecule has 15 heavy (non-hydrogen) atoms. The van der Waals surface area contributed by atoms with Crippen molar-refractivity contribution in [2.24, 2.45) is 0 Å². The average Bonchev–Trinajstić information content (AvgIpc) is 2.59. The highest BCUT2D eigenvalue weighted by molar-refractivity contribution is 9.11. The molecule has 0 saturated heterocycles. The Balaban J connectivity index is 2.37. The largest absolute Gasteiger partial charge is 0.288 e. The molecular formula is C12H9BrOS. The third-order valence-electron chi connectivity index (χ3n) is 2.12. The minimum atomic E-state index is 0.0920. The van der Waals surface area contributed by atoms with Crippen molar-refractivity contribution in [1.29, 1.82) is 0 Å². The molecule has 0 aliphatic rings. The van der Waals surface area contributed by atoms with Crippen LogP contribution in [0.2, 0.25) is 0 Å². The maximum Gasteiger partial charge on any atom is 0.202 e. The summed E-state index contributed by atoms with van der Waals surface area (Å²) in [6.07, 6.45) is 0. The van der Waals surface area contributed by atoms with E-state index in [0.717, 1.165) is 19.8 Å². The average molecular weight is 281 g/mol. The molecule has 0 fully saturated rings. The quantitative estimate of drug-likeness (QED) is 0.759. The van der Waals surface area contributed by atoms with Crippen molar-refractivity contribution in [3.63, 3.8) is 0 Å². The second-order valence-corrected chi connectivity index (χ2v) is 5.63. The van der Waals surface area contributed by atoms with Crippen LogP contribution in [0.3, 0.4) is 0 Å². The van der Waals surface area contributed by atoms with E-state index in [1.165, 1.54) is 11.3 Å². The first-order valence-electron chi connectivity index (χ1n) is 4.54. The van der Waals surface area contributed by atoms with Gasteiger partial charge >= 0.3 is 0 Å². The van der Waals surface area contributed by atoms with Crippen LogP contribution in [0.15, 0.2) is 40.2 Å². The van der Waals surface area contributed by atoms with E-state index in [0.29, 0.717) is 0 Å². The fourth-order valence-electron chi connectivity index (χ4n) is 1.30. The zero-order valence-corrected chi connectivity index (χ0v) is 10.6. The molecule has 1 heterocycles. The van der Waals surface area contributed by atoms with Crippen molar-refractivity contribution in [1.82, 2.24) is 0 Å². The van der Waals surface area contributed by atoms with E-state index in [9.17, 15) is 4.79 Å². The SMILES string of the molecule is Cc1cc(C(=O)c2ccccc2)sc1Br. The van der Waals surface area contributed by atoms with Gasteiger partial charge in [-0.15, -0.1) is 11.3 Å². The van der Waals surface area contributed by atoms with E-state index in [2.05, 4.69) is 15.9 Å². The lowest BCUT2D eigenvalue weighted by Crippen LogP contribution is -1.97. The van der Waals surface area contributed by atoms with Crippen molar-refractivity contribution in [3.05, 3.63) is 56.2 Å². The molecule has 0 amide bonds. The van der Waals surface area contributed by atoms with Gasteiger partial charge in [0.25, 0.3) is 0 Å². The third-order valence-corrected chi connectivity index (χ3v) is 4.25. The van der Waals surface area contributed by atoms with E-state index in [-0.39, 0.29) is 5.78 Å². The standard InChI is InChI=1S/C12H9BrOS/c1-8-7-10(15-12(8)13)11(14)9-5-3-2-4-6-9/h2-7H,1H3. The van der Waals surface area contributed by atoms with Gasteiger partial charge in [-0.25, -0.2) is 0 Å². The number of aryl methyl sites for hydroxylation is 1. The van der Waals surface area contributed by atoms with E-state index < -0.39 is 0 Å². The fourth-order valence-corrected chi connectivity index (χ4v) is 2.80. The summed E-state index contributed by atoms with van der Waals surface area (Å²) in [5.74, 6) is 0.0920. The predicted molar refractivity (Wildman–Crippen MR) is 66.6 cm³/mol. The Labute approximate surface area is 101 Å². The Bertz CT molecular complexity index is 468. The second kappa shape index (κ2) is 4.29. The molecule has 2 rings (SSSR count). The highest BCUT2D eigenvalue weighted by Crippen LogP contribution is 2.28. The molecule has 0 radical (unpaired) electrons. The van der Waals surface area contributed by atoms with Crippen LogP contribution in [0.4, 0.5) is 0 Å². The first kappa shape index (κ1) is 10.6. The molecule has 1 nitrogen and oxygen atoms in total. The molecule has 0 saturated carbocycles. The Kier molecular flexibility index (Phi) is 3.03. The van der Waals surface area contributed by atoms with Gasteiger partial charge < -0.3 is 0 Å². The van der Waals surface area contributed by atoms with Gasteiger partial charge in [-0.1, -0.05) is 30.3 Å². The summed E-state index contributed by atoms with van der Waals surface area (Å²) in [5, 5.41) is 0. The normalized spacial score (nSPS) is 10.3. The van der Waals surface area contributed by atoms with Crippen LogP contribution in [0.5, 0.6) is 0 Å². The van der Waals surface area contributed by atoms with Crippen molar-refractivity contribution >= 4 is 33.0 Å². The Morgan fingerprint density at radius 1 is 1.27 bits per heavy atom. The maximum absolute atomic E-state index is 12.0. The van der Waals surface area contributed by atoms with E-state index >= 15 is 0 Å². The van der Waals surface area contributed by atoms with Crippen LogP contribution < -0.4 is 0 Å². The minimum Gasteiger partial charge on any atom is -0.288 e. The lowest BCUT2D eigenvalue weighted by Gasteiger charge is -1.95. The third kappa shape index (κ3) is 2.19. The number of halogens is 1. The molecule has 1 aromatic heterocycles. The number of rotatable bonds is 2. The van der Waals surface area contributed by atoms with Crippen molar-refractivity contribution in [3.8, 4) is 0 Å². The van der Waals surface area contributed by atoms with Gasteiger partial charge in [-0.3, -0.25) is 4.79 Å². The number of hydrogen-bond donors (Lipinski definition) is 0. The molecule has 2 aromatic rings. The zero-order chi connectivity index (χ0) is 10.8. The molecule has 76 valence electrons. The molecule has 0 bridgehead atoms. The Morgan fingerprint density at radius 2 is 1.93 bits per heavy atom. The maximum atomic E-state index is 12.0. The van der Waals surface area contributed by atoms with Gasteiger partial charge in [-0.2, -0.15) is 0 Å². The number of hydrogen-bond acceptors (Lipinski definition) is 2. The number of carbonyl (C=O) groups is 1. The first-order valence-corrected chi connectivity index (χ1v) is 6.15. The smallest absolute Gasteiger partial charge is 0.202 e. The zero-order valence-electron chi connectivity index (χ0n) is 8.16. The highest BCUT2D eigenvalue weighted by atomic mass is 79.9. The molecular weight excluding hydrogens is 272 g/mol. The summed E-state index contributed by atoms with van der Waals surface area (Å²) >= 11 is 4.91. The van der Waals surface area contributed by atoms with Crippen LogP contribution in [0.1, 0.15) is 20.8 Å². The summed E-state index contributed by atoms with van der Waals surface area (Å²) in [6, 6.07) is 11.3. The molecule has 0 unspecified atom stereocenters. The van der Waals surface area contributed by atoms with Gasteiger partial charge in [0.15, 0.2) is 0 Å². The molecule has 1 aromatic carbocycles. The summed E-state index contributed by atoms with van der Waals surface area (Å²) in [5.41, 5.74) is 1.85. The van der Waals surface area contributed by atoms with Gasteiger partial charge in [-0.05, 0) is 34.5 Å². The predicted octanol–water partition coefficient (Wildman–Crippen LogP) is 4.05. The minimum absolute atomic E-state index is 0.0920.